The average Bonchev–Trinajstić information content (AvgIpc) is 3.16. The summed E-state index contributed by atoms with van der Waals surface area (Å²) in [6, 6.07) is 1.88. The van der Waals surface area contributed by atoms with E-state index in [1.807, 2.05) is 27.0 Å². The van der Waals surface area contributed by atoms with Crippen molar-refractivity contribution in [3.05, 3.63) is 35.9 Å². The minimum atomic E-state index is -0.540. The van der Waals surface area contributed by atoms with E-state index in [-0.39, 0.29) is 11.7 Å². The first-order chi connectivity index (χ1) is 10.5. The van der Waals surface area contributed by atoms with E-state index >= 15 is 0 Å². The van der Waals surface area contributed by atoms with Crippen LogP contribution in [0.5, 0.6) is 0 Å². The van der Waals surface area contributed by atoms with Crippen LogP contribution in [0.4, 0.5) is 5.82 Å². The van der Waals surface area contributed by atoms with Gasteiger partial charge in [-0.25, -0.2) is 15.0 Å². The fraction of sp³-hybridized carbons (Fsp3) is 0.467. The maximum atomic E-state index is 12.7. The Morgan fingerprint density at radius 1 is 1.45 bits per heavy atom. The summed E-state index contributed by atoms with van der Waals surface area (Å²) in [6.45, 7) is 4.58. The second-order valence-corrected chi connectivity index (χ2v) is 5.67. The van der Waals surface area contributed by atoms with Crippen LogP contribution in [0, 0.1) is 6.92 Å². The molecule has 7 heteroatoms. The summed E-state index contributed by atoms with van der Waals surface area (Å²) in [5.74, 6) is 1.48. The highest BCUT2D eigenvalue weighted by molar-refractivity contribution is 5.92. The van der Waals surface area contributed by atoms with Crippen LogP contribution in [0.2, 0.25) is 0 Å². The molecule has 0 bridgehead atoms. The van der Waals surface area contributed by atoms with E-state index in [1.54, 1.807) is 4.90 Å². The van der Waals surface area contributed by atoms with Gasteiger partial charge in [0.15, 0.2) is 12.2 Å². The molecule has 3 rings (SSSR count). The third-order valence-corrected chi connectivity index (χ3v) is 4.12. The Morgan fingerprint density at radius 2 is 2.27 bits per heavy atom. The van der Waals surface area contributed by atoms with Gasteiger partial charge in [-0.3, -0.25) is 4.79 Å². The van der Waals surface area contributed by atoms with Gasteiger partial charge in [-0.2, -0.15) is 0 Å². The Balaban J connectivity index is 2.00. The van der Waals surface area contributed by atoms with Gasteiger partial charge in [0, 0.05) is 25.4 Å². The van der Waals surface area contributed by atoms with Crippen LogP contribution in [-0.2, 0) is 5.54 Å². The number of rotatable bonds is 3. The maximum absolute atomic E-state index is 12.7. The molecule has 116 valence electrons. The van der Waals surface area contributed by atoms with Gasteiger partial charge in [0.1, 0.15) is 11.4 Å². The van der Waals surface area contributed by atoms with Gasteiger partial charge in [-0.05, 0) is 26.7 Å². The van der Waals surface area contributed by atoms with Crippen LogP contribution in [0.25, 0.3) is 0 Å². The number of nitrogens with zero attached hydrogens (tertiary/aromatic N) is 4. The van der Waals surface area contributed by atoms with E-state index in [0.29, 0.717) is 12.4 Å². The van der Waals surface area contributed by atoms with Crippen molar-refractivity contribution in [3.8, 4) is 0 Å². The lowest BCUT2D eigenvalue weighted by Crippen LogP contribution is -2.44. The number of hydrogen-bond donors (Lipinski definition) is 1. The second-order valence-electron chi connectivity index (χ2n) is 5.67. The zero-order chi connectivity index (χ0) is 15.7. The average molecular weight is 301 g/mol. The highest BCUT2D eigenvalue weighted by Crippen LogP contribution is 2.38. The molecule has 1 fully saturated rings. The molecule has 22 heavy (non-hydrogen) atoms. The molecule has 1 N–H and O–H groups in total. The van der Waals surface area contributed by atoms with Crippen molar-refractivity contribution in [2.24, 2.45) is 0 Å². The molecular weight excluding hydrogens is 282 g/mol. The number of oxazole rings is 1. The molecule has 1 atom stereocenters. The summed E-state index contributed by atoms with van der Waals surface area (Å²) < 4.78 is 5.15. The van der Waals surface area contributed by atoms with Crippen molar-refractivity contribution >= 4 is 11.7 Å². The Bertz CT molecular complexity index is 685. The van der Waals surface area contributed by atoms with Crippen LogP contribution in [0.1, 0.15) is 41.8 Å². The summed E-state index contributed by atoms with van der Waals surface area (Å²) >= 11 is 0. The molecule has 2 aromatic heterocycles. The second kappa shape index (κ2) is 5.40. The smallest absolute Gasteiger partial charge is 0.292 e. The standard InChI is InChI=1S/C15H19N5O2/c1-10-7-12(16-3)19-14(18-10)15(2)5-4-6-20(15)13(21)11-8-17-9-22-11/h7-9H,4-6H2,1-3H3,(H,16,18,19)/t15-/m0/s1. The largest absolute Gasteiger partial charge is 0.438 e. The molecule has 1 saturated heterocycles. The lowest BCUT2D eigenvalue weighted by molar-refractivity contribution is 0.0571. The fourth-order valence-corrected chi connectivity index (χ4v) is 2.91. The first kappa shape index (κ1) is 14.5. The molecule has 0 saturated carbocycles. The molecule has 0 unspecified atom stereocenters. The molecule has 0 aliphatic carbocycles. The number of aryl methyl sites for hydroxylation is 1. The molecule has 1 amide bonds. The van der Waals surface area contributed by atoms with Crippen molar-refractivity contribution in [1.82, 2.24) is 19.9 Å². The van der Waals surface area contributed by atoms with Gasteiger partial charge < -0.3 is 14.6 Å². The number of likely N-dealkylation sites (tertiary alicyclic amines) is 1. The Labute approximate surface area is 128 Å². The van der Waals surface area contributed by atoms with Crippen molar-refractivity contribution < 1.29 is 9.21 Å². The van der Waals surface area contributed by atoms with Crippen molar-refractivity contribution in [3.63, 3.8) is 0 Å². The molecule has 1 aliphatic heterocycles. The van der Waals surface area contributed by atoms with Crippen molar-refractivity contribution in [1.29, 1.82) is 0 Å². The lowest BCUT2D eigenvalue weighted by atomic mass is 9.97. The number of anilines is 1. The summed E-state index contributed by atoms with van der Waals surface area (Å²) in [6.07, 6.45) is 4.43. The minimum absolute atomic E-state index is 0.173. The quantitative estimate of drug-likeness (QED) is 0.933. The molecular formula is C15H19N5O2. The van der Waals surface area contributed by atoms with Gasteiger partial charge in [-0.1, -0.05) is 0 Å². The van der Waals surface area contributed by atoms with E-state index in [0.717, 1.165) is 24.4 Å². The molecule has 7 nitrogen and oxygen atoms in total. The third-order valence-electron chi connectivity index (χ3n) is 4.12. The van der Waals surface area contributed by atoms with Crippen LogP contribution in [0.15, 0.2) is 23.1 Å². The van der Waals surface area contributed by atoms with Gasteiger partial charge >= 0.3 is 0 Å². The first-order valence-electron chi connectivity index (χ1n) is 7.29. The van der Waals surface area contributed by atoms with Gasteiger partial charge in [0.25, 0.3) is 5.91 Å². The topological polar surface area (TPSA) is 84.2 Å². The highest BCUT2D eigenvalue weighted by Gasteiger charge is 2.44. The number of aromatic nitrogens is 3. The van der Waals surface area contributed by atoms with Gasteiger partial charge in [-0.15, -0.1) is 0 Å². The number of carbonyl (C=O) groups excluding carboxylic acids is 1. The normalized spacial score (nSPS) is 21.1. The third kappa shape index (κ3) is 2.32. The number of hydrogen-bond acceptors (Lipinski definition) is 6. The Kier molecular flexibility index (Phi) is 3.56. The van der Waals surface area contributed by atoms with E-state index in [2.05, 4.69) is 20.3 Å². The Hall–Kier alpha value is -2.44. The molecule has 1 aliphatic rings. The van der Waals surface area contributed by atoms with Crippen LogP contribution in [0.3, 0.4) is 0 Å². The summed E-state index contributed by atoms with van der Waals surface area (Å²) in [7, 11) is 1.82. The summed E-state index contributed by atoms with van der Waals surface area (Å²) in [4.78, 5) is 27.4. The maximum Gasteiger partial charge on any atom is 0.292 e. The van der Waals surface area contributed by atoms with Crippen molar-refractivity contribution in [2.45, 2.75) is 32.2 Å². The van der Waals surface area contributed by atoms with E-state index in [1.165, 1.54) is 12.6 Å². The molecule has 0 radical (unpaired) electrons. The molecule has 3 heterocycles. The lowest BCUT2D eigenvalue weighted by Gasteiger charge is -2.33. The zero-order valence-electron chi connectivity index (χ0n) is 13.0. The highest BCUT2D eigenvalue weighted by atomic mass is 16.3. The number of amides is 1. The van der Waals surface area contributed by atoms with Gasteiger partial charge in [0.05, 0.1) is 6.20 Å². The van der Waals surface area contributed by atoms with E-state index in [4.69, 9.17) is 4.42 Å². The predicted molar refractivity (Wildman–Crippen MR) is 80.4 cm³/mol. The predicted octanol–water partition coefficient (Wildman–Crippen LogP) is 1.97. The Morgan fingerprint density at radius 3 is 2.95 bits per heavy atom. The molecule has 0 aromatic carbocycles. The SMILES string of the molecule is CNc1cc(C)nc([C@]2(C)CCCN2C(=O)c2cnco2)n1. The van der Waals surface area contributed by atoms with E-state index in [9.17, 15) is 4.79 Å². The number of nitrogens with one attached hydrogen (secondary N) is 1. The molecule has 0 spiro atoms. The molecule has 2 aromatic rings. The summed E-state index contributed by atoms with van der Waals surface area (Å²) in [5, 5.41) is 3.04. The minimum Gasteiger partial charge on any atom is -0.438 e. The van der Waals surface area contributed by atoms with Crippen molar-refractivity contribution in [2.75, 3.05) is 18.9 Å². The van der Waals surface area contributed by atoms with Crippen LogP contribution in [-0.4, -0.2) is 39.4 Å². The van der Waals surface area contributed by atoms with Crippen LogP contribution < -0.4 is 5.32 Å². The van der Waals surface area contributed by atoms with Crippen LogP contribution >= 0.6 is 0 Å². The first-order valence-corrected chi connectivity index (χ1v) is 7.29. The van der Waals surface area contributed by atoms with E-state index < -0.39 is 5.54 Å². The summed E-state index contributed by atoms with van der Waals surface area (Å²) in [5.41, 5.74) is 0.330. The fourth-order valence-electron chi connectivity index (χ4n) is 2.91. The van der Waals surface area contributed by atoms with Gasteiger partial charge in [0.2, 0.25) is 5.76 Å². The number of carbonyl (C=O) groups is 1. The monoisotopic (exact) mass is 301 g/mol. The zero-order valence-corrected chi connectivity index (χ0v) is 13.0.